The lowest BCUT2D eigenvalue weighted by molar-refractivity contribution is 0.396. The monoisotopic (exact) mass is 292 g/mol. The first kappa shape index (κ1) is 15.4. The van der Waals surface area contributed by atoms with Gasteiger partial charge in [-0.1, -0.05) is 28.0 Å². The summed E-state index contributed by atoms with van der Waals surface area (Å²) in [6, 6.07) is 6.14. The molecule has 0 bridgehead atoms. The number of ether oxygens (including phenoxy) is 2. The molecule has 1 saturated carbocycles. The number of methoxy groups -OCH3 is 2. The van der Waals surface area contributed by atoms with Gasteiger partial charge in [0.2, 0.25) is 0 Å². The van der Waals surface area contributed by atoms with Gasteiger partial charge in [-0.05, 0) is 49.0 Å². The first-order chi connectivity index (χ1) is 9.72. The molecule has 1 atom stereocenters. The van der Waals surface area contributed by atoms with Crippen LogP contribution in [0.1, 0.15) is 45.4 Å². The predicted molar refractivity (Wildman–Crippen MR) is 88.0 cm³/mol. The Morgan fingerprint density at radius 3 is 2.65 bits per heavy atom. The smallest absolute Gasteiger partial charge is 0.134 e. The first-order valence-electron chi connectivity index (χ1n) is 7.51. The second kappa shape index (κ2) is 7.69. The van der Waals surface area contributed by atoms with E-state index >= 15 is 0 Å². The van der Waals surface area contributed by atoms with E-state index in [0.717, 1.165) is 17.4 Å². The second-order valence-corrected chi connectivity index (χ2v) is 6.94. The molecule has 0 aromatic heterocycles. The van der Waals surface area contributed by atoms with Gasteiger partial charge in [-0.2, -0.15) is 0 Å². The van der Waals surface area contributed by atoms with Crippen molar-refractivity contribution >= 4 is 18.8 Å². The molecule has 0 radical (unpaired) electrons. The Morgan fingerprint density at radius 2 is 1.90 bits per heavy atom. The molecule has 1 aromatic carbocycles. The molecule has 1 unspecified atom stereocenters. The summed E-state index contributed by atoms with van der Waals surface area (Å²) >= 11 is 0. The van der Waals surface area contributed by atoms with Crippen molar-refractivity contribution in [2.45, 2.75) is 45.4 Å². The number of rotatable bonds is 3. The average molecular weight is 292 g/mol. The summed E-state index contributed by atoms with van der Waals surface area (Å²) in [6.07, 6.45) is 7.98. The van der Waals surface area contributed by atoms with E-state index in [9.17, 15) is 0 Å². The van der Waals surface area contributed by atoms with Crippen LogP contribution in [0.25, 0.3) is 0 Å². The molecule has 0 spiro atoms. The van der Waals surface area contributed by atoms with Crippen LogP contribution in [0.5, 0.6) is 11.5 Å². The van der Waals surface area contributed by atoms with E-state index in [1.54, 1.807) is 19.5 Å². The molecule has 1 fully saturated rings. The fourth-order valence-electron chi connectivity index (χ4n) is 2.66. The van der Waals surface area contributed by atoms with Crippen LogP contribution in [0.3, 0.4) is 0 Å². The van der Waals surface area contributed by atoms with Crippen molar-refractivity contribution in [3.05, 3.63) is 18.2 Å². The summed E-state index contributed by atoms with van der Waals surface area (Å²) < 4.78 is 10.8. The van der Waals surface area contributed by atoms with E-state index in [0.29, 0.717) is 0 Å². The van der Waals surface area contributed by atoms with Gasteiger partial charge in [0.15, 0.2) is 0 Å². The zero-order valence-electron chi connectivity index (χ0n) is 12.8. The van der Waals surface area contributed by atoms with Crippen molar-refractivity contribution in [3.63, 3.8) is 0 Å². The summed E-state index contributed by atoms with van der Waals surface area (Å²) in [5, 5.41) is 2.91. The third kappa shape index (κ3) is 4.24. The molecule has 1 aliphatic rings. The Morgan fingerprint density at radius 1 is 1.05 bits per heavy atom. The van der Waals surface area contributed by atoms with Crippen molar-refractivity contribution in [2.75, 3.05) is 14.2 Å². The van der Waals surface area contributed by atoms with Crippen molar-refractivity contribution < 1.29 is 9.47 Å². The summed E-state index contributed by atoms with van der Waals surface area (Å²) in [6.45, 7) is 2.38. The quantitative estimate of drug-likeness (QED) is 0.767. The van der Waals surface area contributed by atoms with Gasteiger partial charge in [0.25, 0.3) is 0 Å². The van der Waals surface area contributed by atoms with Crippen LogP contribution in [0.4, 0.5) is 0 Å². The van der Waals surface area contributed by atoms with Gasteiger partial charge < -0.3 is 9.47 Å². The minimum absolute atomic E-state index is 0.858. The Hall–Kier alpha value is -1.01. The maximum Gasteiger partial charge on any atom is 0.134 e. The molecule has 20 heavy (non-hydrogen) atoms. The van der Waals surface area contributed by atoms with Crippen molar-refractivity contribution in [1.29, 1.82) is 0 Å². The third-order valence-corrected chi connectivity index (χ3v) is 5.38. The zero-order chi connectivity index (χ0) is 14.4. The van der Waals surface area contributed by atoms with Crippen LogP contribution in [0.15, 0.2) is 18.2 Å². The molecule has 1 aromatic rings. The summed E-state index contributed by atoms with van der Waals surface area (Å²) in [5.74, 6) is 2.67. The predicted octanol–water partition coefficient (Wildman–Crippen LogP) is 4.44. The van der Waals surface area contributed by atoms with E-state index in [2.05, 4.69) is 13.0 Å². The van der Waals surface area contributed by atoms with E-state index < -0.39 is 0 Å². The molecule has 0 amide bonds. The van der Waals surface area contributed by atoms with E-state index in [4.69, 9.17) is 9.47 Å². The van der Waals surface area contributed by atoms with Gasteiger partial charge >= 0.3 is 0 Å². The van der Waals surface area contributed by atoms with Crippen molar-refractivity contribution in [2.24, 2.45) is 5.92 Å². The van der Waals surface area contributed by atoms with Crippen molar-refractivity contribution in [1.82, 2.24) is 0 Å². The highest BCUT2D eigenvalue weighted by atomic mass is 31.1. The number of hydrogen-bond acceptors (Lipinski definition) is 2. The first-order valence-corrected chi connectivity index (χ1v) is 8.41. The lowest BCUT2D eigenvalue weighted by Crippen LogP contribution is -2.08. The van der Waals surface area contributed by atoms with Crippen LogP contribution in [-0.2, 0) is 0 Å². The highest BCUT2D eigenvalue weighted by Crippen LogP contribution is 2.26. The summed E-state index contributed by atoms with van der Waals surface area (Å²) in [7, 11) is 4.76. The van der Waals surface area contributed by atoms with E-state index in [1.165, 1.54) is 52.0 Å². The summed E-state index contributed by atoms with van der Waals surface area (Å²) in [4.78, 5) is 0. The van der Waals surface area contributed by atoms with Gasteiger partial charge in [0, 0.05) is 11.4 Å². The molecular weight excluding hydrogens is 267 g/mol. The molecule has 110 valence electrons. The lowest BCUT2D eigenvalue weighted by Gasteiger charge is -2.17. The fourth-order valence-corrected chi connectivity index (χ4v) is 3.93. The number of hydrogen-bond donors (Lipinski definition) is 0. The highest BCUT2D eigenvalue weighted by molar-refractivity contribution is 7.49. The molecule has 2 nitrogen and oxygen atoms in total. The molecule has 2 rings (SSSR count). The second-order valence-electron chi connectivity index (χ2n) is 5.61. The zero-order valence-corrected chi connectivity index (χ0v) is 13.7. The fraction of sp³-hybridized carbons (Fsp3) is 0.588. The standard InChI is InChI=1S/C17H25O2P/c1-13-6-4-5-7-15(10-8-13)20-17-11-9-14(18-2)12-16(17)19-3/h9,11-13H,4-8,10H2,1-3H3. The maximum atomic E-state index is 5.51. The molecule has 1 aliphatic carbocycles. The van der Waals surface area contributed by atoms with E-state index in [-0.39, 0.29) is 0 Å². The lowest BCUT2D eigenvalue weighted by atomic mass is 9.93. The van der Waals surface area contributed by atoms with Crippen LogP contribution >= 0.6 is 8.20 Å². The molecule has 0 heterocycles. The molecule has 0 N–H and O–H groups in total. The average Bonchev–Trinajstić information content (AvgIpc) is 2.46. The Kier molecular flexibility index (Phi) is 5.91. The minimum atomic E-state index is 0.858. The van der Waals surface area contributed by atoms with Gasteiger partial charge in [-0.3, -0.25) is 0 Å². The Bertz CT molecular complexity index is 468. The normalized spacial score (nSPS) is 22.1. The SMILES string of the molecule is COc1ccc(P=C2CCCCC(C)CC2)c(OC)c1. The molecular formula is C17H25O2P. The minimum Gasteiger partial charge on any atom is -0.497 e. The number of benzene rings is 1. The highest BCUT2D eigenvalue weighted by Gasteiger charge is 2.11. The van der Waals surface area contributed by atoms with Crippen LogP contribution in [0.2, 0.25) is 0 Å². The molecule has 0 aliphatic heterocycles. The van der Waals surface area contributed by atoms with Gasteiger partial charge in [-0.15, -0.1) is 0 Å². The van der Waals surface area contributed by atoms with Gasteiger partial charge in [-0.25, -0.2) is 0 Å². The van der Waals surface area contributed by atoms with Gasteiger partial charge in [0.1, 0.15) is 11.5 Å². The molecule has 3 heteroatoms. The van der Waals surface area contributed by atoms with Crippen LogP contribution in [0, 0.1) is 5.92 Å². The Labute approximate surface area is 124 Å². The van der Waals surface area contributed by atoms with Crippen molar-refractivity contribution in [3.8, 4) is 11.5 Å². The summed E-state index contributed by atoms with van der Waals surface area (Å²) in [5.41, 5.74) is 0. The van der Waals surface area contributed by atoms with Crippen LogP contribution < -0.4 is 14.8 Å². The maximum absolute atomic E-state index is 5.51. The molecule has 0 saturated heterocycles. The van der Waals surface area contributed by atoms with E-state index in [1.807, 2.05) is 12.1 Å². The van der Waals surface area contributed by atoms with Gasteiger partial charge in [0.05, 0.1) is 14.2 Å². The van der Waals surface area contributed by atoms with Crippen LogP contribution in [-0.4, -0.2) is 19.5 Å². The largest absolute Gasteiger partial charge is 0.497 e. The third-order valence-electron chi connectivity index (χ3n) is 4.00. The topological polar surface area (TPSA) is 18.5 Å². The Balaban J connectivity index is 2.19.